The summed E-state index contributed by atoms with van der Waals surface area (Å²) in [7, 11) is 0. The van der Waals surface area contributed by atoms with Crippen LogP contribution >= 0.6 is 0 Å². The summed E-state index contributed by atoms with van der Waals surface area (Å²) >= 11 is 0. The molecule has 1 aromatic rings. The van der Waals surface area contributed by atoms with Gasteiger partial charge in [0.05, 0.1) is 13.2 Å². The van der Waals surface area contributed by atoms with E-state index in [0.717, 1.165) is 38.2 Å². The fraction of sp³-hybridized carbons (Fsp3) is 0.632. The molecule has 1 aromatic carbocycles. The number of aliphatic hydroxyl groups is 1. The molecule has 0 unspecified atom stereocenters. The van der Waals surface area contributed by atoms with Gasteiger partial charge in [-0.15, -0.1) is 0 Å². The number of rotatable bonds is 9. The first-order chi connectivity index (χ1) is 11.7. The lowest BCUT2D eigenvalue weighted by Crippen LogP contribution is -2.36. The number of hydrogen-bond acceptors (Lipinski definition) is 4. The van der Waals surface area contributed by atoms with Crippen molar-refractivity contribution in [3.8, 4) is 0 Å². The van der Waals surface area contributed by atoms with Crippen LogP contribution in [-0.4, -0.2) is 55.2 Å². The van der Waals surface area contributed by atoms with Crippen LogP contribution in [0.15, 0.2) is 24.3 Å². The van der Waals surface area contributed by atoms with Gasteiger partial charge in [0.1, 0.15) is 0 Å². The Hall–Kier alpha value is -1.59. The molecule has 1 fully saturated rings. The van der Waals surface area contributed by atoms with Gasteiger partial charge < -0.3 is 15.3 Å². The first kappa shape index (κ1) is 18.7. The number of nitrogens with one attached hydrogen (secondary N) is 1. The molecule has 0 aliphatic carbocycles. The second-order valence-corrected chi connectivity index (χ2v) is 6.50. The molecule has 5 heteroatoms. The van der Waals surface area contributed by atoms with Crippen LogP contribution in [-0.2, 0) is 4.79 Å². The Bertz CT molecular complexity index is 484. The summed E-state index contributed by atoms with van der Waals surface area (Å²) in [5, 5.41) is 12.1. The summed E-state index contributed by atoms with van der Waals surface area (Å²) in [5.41, 5.74) is 2.07. The van der Waals surface area contributed by atoms with Gasteiger partial charge in [0.15, 0.2) is 0 Å². The van der Waals surface area contributed by atoms with Gasteiger partial charge >= 0.3 is 0 Å². The predicted molar refractivity (Wildman–Crippen MR) is 99.6 cm³/mol. The van der Waals surface area contributed by atoms with Crippen LogP contribution in [0.4, 0.5) is 11.4 Å². The van der Waals surface area contributed by atoms with Crippen LogP contribution < -0.4 is 10.2 Å². The first-order valence-corrected chi connectivity index (χ1v) is 9.21. The van der Waals surface area contributed by atoms with Crippen molar-refractivity contribution < 1.29 is 9.90 Å². The minimum atomic E-state index is -0.0229. The Morgan fingerprint density at radius 3 is 2.50 bits per heavy atom. The molecule has 1 amide bonds. The molecule has 2 rings (SSSR count). The maximum absolute atomic E-state index is 12.2. The number of amides is 1. The van der Waals surface area contributed by atoms with Crippen molar-refractivity contribution in [3.05, 3.63) is 24.3 Å². The molecule has 5 nitrogen and oxygen atoms in total. The van der Waals surface area contributed by atoms with E-state index in [1.54, 1.807) is 0 Å². The quantitative estimate of drug-likeness (QED) is 0.729. The number of carbonyl (C=O) groups is 1. The molecule has 1 aliphatic rings. The normalized spacial score (nSPS) is 14.9. The number of anilines is 2. The van der Waals surface area contributed by atoms with Crippen molar-refractivity contribution in [1.82, 2.24) is 4.90 Å². The van der Waals surface area contributed by atoms with E-state index in [0.29, 0.717) is 13.1 Å². The summed E-state index contributed by atoms with van der Waals surface area (Å²) < 4.78 is 0. The van der Waals surface area contributed by atoms with Crippen molar-refractivity contribution in [2.24, 2.45) is 0 Å². The number of aliphatic hydroxyl groups excluding tert-OH is 1. The molecule has 0 bridgehead atoms. The number of unbranched alkanes of at least 4 members (excludes halogenated alkanes) is 1. The highest BCUT2D eigenvalue weighted by molar-refractivity contribution is 5.92. The summed E-state index contributed by atoms with van der Waals surface area (Å²) in [5.74, 6) is -0.0229. The van der Waals surface area contributed by atoms with E-state index in [-0.39, 0.29) is 12.5 Å². The van der Waals surface area contributed by atoms with E-state index < -0.39 is 0 Å². The maximum Gasteiger partial charge on any atom is 0.238 e. The van der Waals surface area contributed by atoms with Gasteiger partial charge in [0, 0.05) is 31.0 Å². The number of nitrogens with zero attached hydrogens (tertiary/aromatic N) is 2. The molecular weight excluding hydrogens is 302 g/mol. The highest BCUT2D eigenvalue weighted by Crippen LogP contribution is 2.21. The molecule has 0 aromatic heterocycles. The Kier molecular flexibility index (Phi) is 8.05. The minimum Gasteiger partial charge on any atom is -0.395 e. The Labute approximate surface area is 145 Å². The maximum atomic E-state index is 12.2. The van der Waals surface area contributed by atoms with Gasteiger partial charge in [-0.2, -0.15) is 0 Å². The number of benzene rings is 1. The smallest absolute Gasteiger partial charge is 0.238 e. The fourth-order valence-corrected chi connectivity index (χ4v) is 3.10. The van der Waals surface area contributed by atoms with Crippen molar-refractivity contribution in [3.63, 3.8) is 0 Å². The Morgan fingerprint density at radius 2 is 1.88 bits per heavy atom. The van der Waals surface area contributed by atoms with Crippen LogP contribution in [0.1, 0.15) is 39.0 Å². The van der Waals surface area contributed by atoms with E-state index in [9.17, 15) is 4.79 Å². The van der Waals surface area contributed by atoms with E-state index in [4.69, 9.17) is 5.11 Å². The molecular formula is C19H31N3O2. The lowest BCUT2D eigenvalue weighted by molar-refractivity contribution is -0.117. The van der Waals surface area contributed by atoms with E-state index in [1.165, 1.54) is 24.9 Å². The van der Waals surface area contributed by atoms with Crippen LogP contribution in [0.25, 0.3) is 0 Å². The highest BCUT2D eigenvalue weighted by Gasteiger charge is 2.12. The third-order valence-corrected chi connectivity index (χ3v) is 4.48. The van der Waals surface area contributed by atoms with Gasteiger partial charge in [-0.3, -0.25) is 9.69 Å². The average molecular weight is 333 g/mol. The summed E-state index contributed by atoms with van der Waals surface area (Å²) in [6.07, 6.45) is 5.97. The van der Waals surface area contributed by atoms with Crippen LogP contribution in [0.2, 0.25) is 0 Å². The summed E-state index contributed by atoms with van der Waals surface area (Å²) in [6, 6.07) is 8.13. The standard InChI is InChI=1S/C19H31N3O2/c1-2-3-11-21(14-15-23)16-19(24)20-17-7-9-18(10-8-17)22-12-5-4-6-13-22/h7-10,23H,2-6,11-16H2,1H3,(H,20,24). The second kappa shape index (κ2) is 10.3. The molecule has 24 heavy (non-hydrogen) atoms. The monoisotopic (exact) mass is 333 g/mol. The number of carbonyl (C=O) groups excluding carboxylic acids is 1. The van der Waals surface area contributed by atoms with Crippen LogP contribution in [0.5, 0.6) is 0 Å². The van der Waals surface area contributed by atoms with Gasteiger partial charge in [0.2, 0.25) is 5.91 Å². The summed E-state index contributed by atoms with van der Waals surface area (Å²) in [4.78, 5) is 16.6. The van der Waals surface area contributed by atoms with Gasteiger partial charge in [-0.05, 0) is 56.5 Å². The Balaban J connectivity index is 1.84. The number of piperidine rings is 1. The second-order valence-electron chi connectivity index (χ2n) is 6.50. The zero-order valence-electron chi connectivity index (χ0n) is 14.8. The molecule has 0 radical (unpaired) electrons. The topological polar surface area (TPSA) is 55.8 Å². The zero-order valence-corrected chi connectivity index (χ0v) is 14.8. The molecule has 2 N–H and O–H groups in total. The van der Waals surface area contributed by atoms with Gasteiger partial charge in [-0.25, -0.2) is 0 Å². The minimum absolute atomic E-state index is 0.0229. The largest absolute Gasteiger partial charge is 0.395 e. The van der Waals surface area contributed by atoms with E-state index in [2.05, 4.69) is 29.3 Å². The third-order valence-electron chi connectivity index (χ3n) is 4.48. The molecule has 1 heterocycles. The number of hydrogen-bond donors (Lipinski definition) is 2. The Morgan fingerprint density at radius 1 is 1.17 bits per heavy atom. The molecule has 0 saturated carbocycles. The highest BCUT2D eigenvalue weighted by atomic mass is 16.3. The molecule has 1 aliphatic heterocycles. The fourth-order valence-electron chi connectivity index (χ4n) is 3.10. The molecule has 1 saturated heterocycles. The molecule has 134 valence electrons. The van der Waals surface area contributed by atoms with E-state index >= 15 is 0 Å². The van der Waals surface area contributed by atoms with Crippen molar-refractivity contribution >= 4 is 17.3 Å². The average Bonchev–Trinajstić information content (AvgIpc) is 2.61. The SMILES string of the molecule is CCCCN(CCO)CC(=O)Nc1ccc(N2CCCCC2)cc1. The third kappa shape index (κ3) is 6.13. The van der Waals surface area contributed by atoms with E-state index in [1.807, 2.05) is 17.0 Å². The zero-order chi connectivity index (χ0) is 17.2. The van der Waals surface area contributed by atoms with Crippen molar-refractivity contribution in [2.75, 3.05) is 49.5 Å². The molecule has 0 spiro atoms. The van der Waals surface area contributed by atoms with Crippen LogP contribution in [0.3, 0.4) is 0 Å². The lowest BCUT2D eigenvalue weighted by atomic mass is 10.1. The van der Waals surface area contributed by atoms with Crippen LogP contribution in [0, 0.1) is 0 Å². The summed E-state index contributed by atoms with van der Waals surface area (Å²) in [6.45, 7) is 6.18. The van der Waals surface area contributed by atoms with Gasteiger partial charge in [-0.1, -0.05) is 13.3 Å². The molecule has 0 atom stereocenters. The predicted octanol–water partition coefficient (Wildman–Crippen LogP) is 2.71. The van der Waals surface area contributed by atoms with Crippen molar-refractivity contribution in [2.45, 2.75) is 39.0 Å². The first-order valence-electron chi connectivity index (χ1n) is 9.21. The lowest BCUT2D eigenvalue weighted by Gasteiger charge is -2.28. The van der Waals surface area contributed by atoms with Crippen molar-refractivity contribution in [1.29, 1.82) is 0 Å². The van der Waals surface area contributed by atoms with Gasteiger partial charge in [0.25, 0.3) is 0 Å².